The summed E-state index contributed by atoms with van der Waals surface area (Å²) < 4.78 is 12.0. The Balaban J connectivity index is 1.67. The molecule has 2 saturated heterocycles. The van der Waals surface area contributed by atoms with Gasteiger partial charge in [-0.15, -0.1) is 11.8 Å². The number of hydrogen-bond acceptors (Lipinski definition) is 5. The Labute approximate surface area is 166 Å². The molecule has 6 heteroatoms. The van der Waals surface area contributed by atoms with Gasteiger partial charge in [-0.05, 0) is 38.3 Å². The van der Waals surface area contributed by atoms with Gasteiger partial charge in [0.05, 0.1) is 24.8 Å². The van der Waals surface area contributed by atoms with E-state index in [9.17, 15) is 9.90 Å². The second-order valence-electron chi connectivity index (χ2n) is 9.97. The zero-order valence-corrected chi connectivity index (χ0v) is 18.3. The Morgan fingerprint density at radius 1 is 1.19 bits per heavy atom. The summed E-state index contributed by atoms with van der Waals surface area (Å²) in [4.78, 5) is 14.3. The molecule has 2 saturated carbocycles. The fraction of sp³-hybridized carbons (Fsp3) is 0.667. The molecule has 4 fully saturated rings. The highest BCUT2D eigenvalue weighted by atomic mass is 32.2. The maximum absolute atomic E-state index is 13.2. The van der Waals surface area contributed by atoms with Crippen LogP contribution in [0.2, 0.25) is 19.6 Å². The van der Waals surface area contributed by atoms with Crippen LogP contribution in [0.5, 0.6) is 0 Å². The topological polar surface area (TPSA) is 59.1 Å². The van der Waals surface area contributed by atoms with Gasteiger partial charge in [-0.2, -0.15) is 0 Å². The fourth-order valence-corrected chi connectivity index (χ4v) is 11.0. The largest absolute Gasteiger partial charge is 0.461 e. The molecular formula is C21H28O4SSi. The smallest absolute Gasteiger partial charge is 0.323 e. The average molecular weight is 405 g/mol. The van der Waals surface area contributed by atoms with Gasteiger partial charge in [0.25, 0.3) is 0 Å². The summed E-state index contributed by atoms with van der Waals surface area (Å²) in [6.07, 6.45) is 2.89. The summed E-state index contributed by atoms with van der Waals surface area (Å²) in [5.74, 6) is -0.199. The van der Waals surface area contributed by atoms with Crippen molar-refractivity contribution in [1.82, 2.24) is 0 Å². The molecule has 0 bridgehead atoms. The van der Waals surface area contributed by atoms with Crippen LogP contribution in [0.25, 0.3) is 0 Å². The first kappa shape index (κ1) is 18.2. The molecule has 146 valence electrons. The van der Waals surface area contributed by atoms with E-state index in [1.165, 1.54) is 0 Å². The first-order valence-corrected chi connectivity index (χ1v) is 14.3. The molecule has 4 nitrogen and oxygen atoms in total. The van der Waals surface area contributed by atoms with Crippen molar-refractivity contribution in [2.45, 2.75) is 84.4 Å². The van der Waals surface area contributed by atoms with Crippen LogP contribution in [-0.4, -0.2) is 46.4 Å². The Morgan fingerprint density at radius 2 is 1.89 bits per heavy atom. The number of thioether (sulfide) groups is 1. The molecule has 4 aliphatic rings. The van der Waals surface area contributed by atoms with E-state index in [1.807, 2.05) is 25.1 Å². The summed E-state index contributed by atoms with van der Waals surface area (Å²) in [5.41, 5.74) is -1.62. The number of carbonyl (C=O) groups excluding carboxylic acids is 1. The van der Waals surface area contributed by atoms with E-state index < -0.39 is 24.0 Å². The van der Waals surface area contributed by atoms with Gasteiger partial charge in [0.2, 0.25) is 0 Å². The molecule has 1 aromatic carbocycles. The van der Waals surface area contributed by atoms with E-state index in [4.69, 9.17) is 9.47 Å². The third kappa shape index (κ3) is 2.00. The molecule has 6 atom stereocenters. The molecule has 0 radical (unpaired) electrons. The fourth-order valence-electron chi connectivity index (χ4n) is 6.50. The van der Waals surface area contributed by atoms with Gasteiger partial charge in [0.15, 0.2) is 0 Å². The molecule has 1 spiro atoms. The van der Waals surface area contributed by atoms with Gasteiger partial charge < -0.3 is 14.6 Å². The van der Waals surface area contributed by atoms with Crippen LogP contribution >= 0.6 is 11.8 Å². The maximum Gasteiger partial charge on any atom is 0.323 e. The highest BCUT2D eigenvalue weighted by Gasteiger charge is 2.92. The summed E-state index contributed by atoms with van der Waals surface area (Å²) in [7, 11) is -1.76. The first-order valence-electron chi connectivity index (χ1n) is 9.97. The Bertz CT molecular complexity index is 806. The molecule has 0 aromatic heterocycles. The van der Waals surface area contributed by atoms with Crippen LogP contribution in [0, 0.1) is 5.92 Å². The van der Waals surface area contributed by atoms with Gasteiger partial charge in [-0.3, -0.25) is 4.79 Å². The highest BCUT2D eigenvalue weighted by molar-refractivity contribution is 8.01. The molecule has 2 aliphatic carbocycles. The van der Waals surface area contributed by atoms with Crippen molar-refractivity contribution in [1.29, 1.82) is 0 Å². The predicted octanol–water partition coefficient (Wildman–Crippen LogP) is 3.78. The van der Waals surface area contributed by atoms with E-state index >= 15 is 0 Å². The van der Waals surface area contributed by atoms with Crippen LogP contribution in [0.1, 0.15) is 32.6 Å². The van der Waals surface area contributed by atoms with Crippen molar-refractivity contribution >= 4 is 25.8 Å². The van der Waals surface area contributed by atoms with Gasteiger partial charge in [0.1, 0.15) is 16.5 Å². The maximum atomic E-state index is 13.2. The van der Waals surface area contributed by atoms with Crippen molar-refractivity contribution in [3.05, 3.63) is 30.3 Å². The highest BCUT2D eigenvalue weighted by Crippen LogP contribution is 2.76. The van der Waals surface area contributed by atoms with Gasteiger partial charge in [0, 0.05) is 11.3 Å². The number of benzene rings is 1. The number of esters is 1. The SMILES string of the molecule is C[C@]1(O)C[C@H]2OC(=O)[C@@]3(Sc4ccccc4)CCC[C@@]4([Si](C)(C)C)O[C@]14[C@@H]23. The zero-order valence-electron chi connectivity index (χ0n) is 16.5. The van der Waals surface area contributed by atoms with Crippen LogP contribution in [0.15, 0.2) is 35.2 Å². The number of ether oxygens (including phenoxy) is 2. The Kier molecular flexibility index (Phi) is 3.51. The number of aliphatic hydroxyl groups is 1. The van der Waals surface area contributed by atoms with Crippen molar-refractivity contribution in [3.8, 4) is 0 Å². The van der Waals surface area contributed by atoms with Crippen molar-refractivity contribution in [2.24, 2.45) is 5.92 Å². The normalized spacial score (nSPS) is 47.8. The van der Waals surface area contributed by atoms with Gasteiger partial charge >= 0.3 is 5.97 Å². The predicted molar refractivity (Wildman–Crippen MR) is 107 cm³/mol. The lowest BCUT2D eigenvalue weighted by molar-refractivity contribution is -0.145. The van der Waals surface area contributed by atoms with Crippen molar-refractivity contribution in [3.63, 3.8) is 0 Å². The lowest BCUT2D eigenvalue weighted by atomic mass is 9.77. The monoisotopic (exact) mass is 404 g/mol. The van der Waals surface area contributed by atoms with Crippen LogP contribution < -0.4 is 0 Å². The first-order chi connectivity index (χ1) is 12.6. The summed E-state index contributed by atoms with van der Waals surface area (Å²) >= 11 is 1.64. The summed E-state index contributed by atoms with van der Waals surface area (Å²) in [6, 6.07) is 10.1. The number of epoxide rings is 1. The van der Waals surface area contributed by atoms with Gasteiger partial charge in [-0.25, -0.2) is 0 Å². The molecule has 0 amide bonds. The minimum absolute atomic E-state index is 0.0908. The summed E-state index contributed by atoms with van der Waals surface area (Å²) in [5, 5.41) is 11.3. The number of carbonyl (C=O) groups is 1. The van der Waals surface area contributed by atoms with Crippen molar-refractivity contribution in [2.75, 3.05) is 0 Å². The third-order valence-electron chi connectivity index (χ3n) is 7.54. The molecule has 27 heavy (non-hydrogen) atoms. The average Bonchev–Trinajstić information content (AvgIpc) is 3.15. The third-order valence-corrected chi connectivity index (χ3v) is 12.2. The molecule has 0 unspecified atom stereocenters. The molecule has 1 N–H and O–H groups in total. The van der Waals surface area contributed by atoms with Crippen LogP contribution in [0.3, 0.4) is 0 Å². The number of rotatable bonds is 3. The summed E-state index contributed by atoms with van der Waals surface area (Å²) in [6.45, 7) is 8.91. The lowest BCUT2D eigenvalue weighted by Gasteiger charge is -2.37. The van der Waals surface area contributed by atoms with E-state index in [-0.39, 0.29) is 23.2 Å². The standard InChI is InChI=1S/C21H28O4SSi/c1-18(23)13-15-16-19(17(22)24-15,26-14-9-6-5-7-10-14)11-8-12-20(27(2,3)4)21(16,18)25-20/h5-7,9-10,15-16,23H,8,11-13H2,1-4H3/t15-,16+,18+,19-,20+,21-/m1/s1. The van der Waals surface area contributed by atoms with Crippen LogP contribution in [0.4, 0.5) is 0 Å². The molecule has 5 rings (SSSR count). The quantitative estimate of drug-likeness (QED) is 0.472. The minimum atomic E-state index is -1.76. The van der Waals surface area contributed by atoms with E-state index in [0.29, 0.717) is 6.42 Å². The minimum Gasteiger partial charge on any atom is -0.461 e. The van der Waals surface area contributed by atoms with Crippen molar-refractivity contribution < 1.29 is 19.4 Å². The molecule has 1 aromatic rings. The second kappa shape index (κ2) is 5.20. The molecular weight excluding hydrogens is 376 g/mol. The van der Waals surface area contributed by atoms with E-state index in [1.54, 1.807) is 11.8 Å². The molecule has 2 heterocycles. The van der Waals surface area contributed by atoms with E-state index in [2.05, 4.69) is 31.8 Å². The van der Waals surface area contributed by atoms with Gasteiger partial charge in [-0.1, -0.05) is 37.8 Å². The Hall–Kier alpha value is -0.823. The van der Waals surface area contributed by atoms with E-state index in [0.717, 1.165) is 24.2 Å². The van der Waals surface area contributed by atoms with Crippen LogP contribution in [-0.2, 0) is 14.3 Å². The Morgan fingerprint density at radius 3 is 2.56 bits per heavy atom. The zero-order chi connectivity index (χ0) is 19.3. The second-order valence-corrected chi connectivity index (χ2v) is 16.7. The molecule has 2 aliphatic heterocycles. The lowest BCUT2D eigenvalue weighted by Crippen LogP contribution is -2.58. The number of hydrogen-bond donors (Lipinski definition) is 1.